The molecule has 1 aliphatic heterocycles. The monoisotopic (exact) mass is 535 g/mol. The van der Waals surface area contributed by atoms with Gasteiger partial charge >= 0.3 is 11.7 Å². The van der Waals surface area contributed by atoms with E-state index in [9.17, 15) is 14.9 Å². The summed E-state index contributed by atoms with van der Waals surface area (Å²) in [5.74, 6) is 0.810. The van der Waals surface area contributed by atoms with Gasteiger partial charge in [-0.1, -0.05) is 54.6 Å². The molecule has 2 aromatic carbocycles. The Bertz CT molecular complexity index is 1370. The van der Waals surface area contributed by atoms with Crippen molar-refractivity contribution < 1.29 is 19.2 Å². The molecule has 5 rings (SSSR count). The van der Waals surface area contributed by atoms with Crippen LogP contribution in [0.4, 0.5) is 11.6 Å². The second-order valence-electron chi connectivity index (χ2n) is 9.36. The Labute approximate surface area is 224 Å². The van der Waals surface area contributed by atoms with Gasteiger partial charge in [-0.2, -0.15) is 4.98 Å². The van der Waals surface area contributed by atoms with E-state index in [4.69, 9.17) is 14.6 Å². The summed E-state index contributed by atoms with van der Waals surface area (Å²) in [6.45, 7) is 1.79. The smallest absolute Gasteiger partial charge is 0.338 e. The quantitative estimate of drug-likeness (QED) is 0.169. The van der Waals surface area contributed by atoms with Gasteiger partial charge in [-0.05, 0) is 49.8 Å². The number of ether oxygens (including phenoxy) is 2. The van der Waals surface area contributed by atoms with Gasteiger partial charge in [-0.15, -0.1) is 5.10 Å². The van der Waals surface area contributed by atoms with Gasteiger partial charge in [-0.25, -0.2) is 9.48 Å². The molecular formula is C27H29N5O5S. The van der Waals surface area contributed by atoms with Crippen LogP contribution in [0.15, 0.2) is 65.0 Å². The van der Waals surface area contributed by atoms with Crippen LogP contribution in [0, 0.1) is 10.1 Å². The molecule has 1 aromatic heterocycles. The van der Waals surface area contributed by atoms with E-state index in [0.717, 1.165) is 37.7 Å². The third-order valence-corrected chi connectivity index (χ3v) is 7.71. The Hall–Kier alpha value is -3.86. The second kappa shape index (κ2) is 11.3. The maximum absolute atomic E-state index is 13.6. The molecule has 11 heteroatoms. The lowest BCUT2D eigenvalue weighted by Crippen LogP contribution is -2.32. The van der Waals surface area contributed by atoms with Crippen LogP contribution in [-0.4, -0.2) is 38.9 Å². The normalized spacial score (nSPS) is 17.5. The number of carbonyl (C=O) groups excluding carboxylic acids is 1. The first-order valence-corrected chi connectivity index (χ1v) is 13.6. The number of nitrogens with zero attached hydrogens (tertiary/aromatic N) is 4. The number of benzene rings is 2. The molecule has 1 atom stereocenters. The summed E-state index contributed by atoms with van der Waals surface area (Å²) in [6, 6.07) is 13.9. The molecule has 0 saturated heterocycles. The highest BCUT2D eigenvalue weighted by Crippen LogP contribution is 2.40. The molecule has 198 valence electrons. The Kier molecular flexibility index (Phi) is 7.64. The lowest BCUT2D eigenvalue weighted by Gasteiger charge is -2.30. The topological polar surface area (TPSA) is 121 Å². The fourth-order valence-electron chi connectivity index (χ4n) is 4.90. The first kappa shape index (κ1) is 25.8. The Balaban J connectivity index is 1.52. The molecule has 1 N–H and O–H groups in total. The first-order valence-electron chi connectivity index (χ1n) is 12.6. The number of carbonyl (C=O) groups is 1. The third kappa shape index (κ3) is 5.38. The standard InChI is InChI=1S/C27H29N5O5S/c1-17-23(25(33)37-20-11-7-4-8-12-20)24(19-13-14-22(36-2)21(15-19)32(34)35)31-26(28-17)29-27(30-31)38-16-18-9-5-3-6-10-18/h3,5-6,9-10,13-15,20,24H,4,7-8,11-12,16H2,1-2H3,(H,28,29,30). The predicted molar refractivity (Wildman–Crippen MR) is 143 cm³/mol. The fourth-order valence-corrected chi connectivity index (χ4v) is 5.69. The minimum absolute atomic E-state index is 0.137. The van der Waals surface area contributed by atoms with Crippen molar-refractivity contribution in [3.63, 3.8) is 0 Å². The van der Waals surface area contributed by atoms with Gasteiger partial charge in [0.2, 0.25) is 11.1 Å². The minimum Gasteiger partial charge on any atom is -0.490 e. The first-order chi connectivity index (χ1) is 18.4. The van der Waals surface area contributed by atoms with E-state index in [0.29, 0.717) is 33.7 Å². The molecule has 38 heavy (non-hydrogen) atoms. The predicted octanol–water partition coefficient (Wildman–Crippen LogP) is 5.65. The van der Waals surface area contributed by atoms with Crippen LogP contribution < -0.4 is 10.1 Å². The van der Waals surface area contributed by atoms with Gasteiger partial charge in [0, 0.05) is 17.5 Å². The molecule has 3 aromatic rings. The van der Waals surface area contributed by atoms with E-state index in [-0.39, 0.29) is 17.5 Å². The van der Waals surface area contributed by atoms with Gasteiger partial charge in [0.05, 0.1) is 17.6 Å². The molecule has 2 heterocycles. The molecule has 1 aliphatic carbocycles. The summed E-state index contributed by atoms with van der Waals surface area (Å²) in [5.41, 5.74) is 2.38. The lowest BCUT2D eigenvalue weighted by molar-refractivity contribution is -0.385. The van der Waals surface area contributed by atoms with Crippen LogP contribution in [0.3, 0.4) is 0 Å². The number of methoxy groups -OCH3 is 1. The van der Waals surface area contributed by atoms with Crippen LogP contribution in [0.2, 0.25) is 0 Å². The highest BCUT2D eigenvalue weighted by Gasteiger charge is 2.37. The van der Waals surface area contributed by atoms with E-state index in [1.54, 1.807) is 17.7 Å². The van der Waals surface area contributed by atoms with Crippen molar-refractivity contribution in [1.29, 1.82) is 0 Å². The van der Waals surface area contributed by atoms with Crippen molar-refractivity contribution in [2.24, 2.45) is 0 Å². The van der Waals surface area contributed by atoms with Crippen LogP contribution >= 0.6 is 11.8 Å². The number of aromatic nitrogens is 3. The number of fused-ring (bicyclic) bond motifs is 1. The number of thioether (sulfide) groups is 1. The van der Waals surface area contributed by atoms with Crippen molar-refractivity contribution in [2.45, 2.75) is 62.1 Å². The van der Waals surface area contributed by atoms with Gasteiger partial charge < -0.3 is 14.8 Å². The molecule has 1 fully saturated rings. The number of esters is 1. The largest absolute Gasteiger partial charge is 0.490 e. The minimum atomic E-state index is -0.759. The molecular weight excluding hydrogens is 506 g/mol. The number of hydrogen-bond acceptors (Lipinski definition) is 9. The average molecular weight is 536 g/mol. The Morgan fingerprint density at radius 1 is 1.18 bits per heavy atom. The number of allylic oxidation sites excluding steroid dienone is 1. The summed E-state index contributed by atoms with van der Waals surface area (Å²) in [5, 5.41) is 20.2. The zero-order valence-electron chi connectivity index (χ0n) is 21.3. The number of nitro groups is 1. The van der Waals surface area contributed by atoms with Crippen molar-refractivity contribution in [2.75, 3.05) is 12.4 Å². The summed E-state index contributed by atoms with van der Waals surface area (Å²) in [4.78, 5) is 29.5. The zero-order valence-corrected chi connectivity index (χ0v) is 22.1. The van der Waals surface area contributed by atoms with E-state index in [1.807, 2.05) is 30.3 Å². The van der Waals surface area contributed by atoms with Crippen LogP contribution in [0.1, 0.15) is 56.2 Å². The van der Waals surface area contributed by atoms with Crippen molar-refractivity contribution in [1.82, 2.24) is 14.8 Å². The van der Waals surface area contributed by atoms with Gasteiger partial charge in [-0.3, -0.25) is 10.1 Å². The highest BCUT2D eigenvalue weighted by atomic mass is 32.2. The van der Waals surface area contributed by atoms with E-state index in [2.05, 4.69) is 10.3 Å². The summed E-state index contributed by atoms with van der Waals surface area (Å²) >= 11 is 1.47. The highest BCUT2D eigenvalue weighted by molar-refractivity contribution is 7.98. The van der Waals surface area contributed by atoms with Gasteiger partial charge in [0.15, 0.2) is 5.75 Å². The molecule has 0 spiro atoms. The van der Waals surface area contributed by atoms with E-state index < -0.39 is 16.9 Å². The van der Waals surface area contributed by atoms with E-state index >= 15 is 0 Å². The molecule has 1 saturated carbocycles. The number of anilines is 1. The molecule has 0 amide bonds. The maximum Gasteiger partial charge on any atom is 0.338 e. The maximum atomic E-state index is 13.6. The zero-order chi connectivity index (χ0) is 26.6. The SMILES string of the molecule is COc1ccc(C2C(C(=O)OC3CCCCC3)=C(C)Nc3nc(SCc4ccccc4)nn32)cc1[N+](=O)[O-]. The van der Waals surface area contributed by atoms with Gasteiger partial charge in [0.1, 0.15) is 12.1 Å². The number of nitrogens with one attached hydrogen (secondary N) is 1. The Morgan fingerprint density at radius 2 is 1.95 bits per heavy atom. The van der Waals surface area contributed by atoms with Crippen molar-refractivity contribution >= 4 is 29.4 Å². The van der Waals surface area contributed by atoms with Crippen LogP contribution in [0.25, 0.3) is 0 Å². The summed E-state index contributed by atoms with van der Waals surface area (Å²) in [6.07, 6.45) is 4.71. The lowest BCUT2D eigenvalue weighted by atomic mass is 9.94. The number of hydrogen-bond donors (Lipinski definition) is 1. The number of rotatable bonds is 8. The van der Waals surface area contributed by atoms with Crippen molar-refractivity contribution in [3.05, 3.63) is 81.0 Å². The molecule has 1 unspecified atom stereocenters. The van der Waals surface area contributed by atoms with Gasteiger partial charge in [0.25, 0.3) is 0 Å². The average Bonchev–Trinajstić information content (AvgIpc) is 3.34. The molecule has 2 aliphatic rings. The molecule has 0 bridgehead atoms. The summed E-state index contributed by atoms with van der Waals surface area (Å²) in [7, 11) is 1.38. The molecule has 10 nitrogen and oxygen atoms in total. The fraction of sp³-hybridized carbons (Fsp3) is 0.370. The molecule has 0 radical (unpaired) electrons. The van der Waals surface area contributed by atoms with Crippen LogP contribution in [0.5, 0.6) is 5.75 Å². The van der Waals surface area contributed by atoms with Crippen molar-refractivity contribution in [3.8, 4) is 5.75 Å². The Morgan fingerprint density at radius 3 is 2.66 bits per heavy atom. The number of nitro benzene ring substituents is 1. The third-order valence-electron chi connectivity index (χ3n) is 6.81. The summed E-state index contributed by atoms with van der Waals surface area (Å²) < 4.78 is 12.8. The second-order valence-corrected chi connectivity index (χ2v) is 10.3. The van der Waals surface area contributed by atoms with Crippen LogP contribution in [-0.2, 0) is 15.3 Å². The van der Waals surface area contributed by atoms with E-state index in [1.165, 1.54) is 31.0 Å².